The first-order valence-corrected chi connectivity index (χ1v) is 58.6. The van der Waals surface area contributed by atoms with E-state index in [1.807, 2.05) is 0 Å². The van der Waals surface area contributed by atoms with Gasteiger partial charge in [0.15, 0.2) is 0 Å². The van der Waals surface area contributed by atoms with Gasteiger partial charge in [0.25, 0.3) is 0 Å². The Labute approximate surface area is 775 Å². The summed E-state index contributed by atoms with van der Waals surface area (Å²) in [5, 5.41) is 19.1. The zero-order valence-corrected chi connectivity index (χ0v) is 80.4. The lowest BCUT2D eigenvalue weighted by Crippen LogP contribution is -2.66. The topological polar surface area (TPSA) is 49.1 Å². The van der Waals surface area contributed by atoms with Crippen molar-refractivity contribution in [2.24, 2.45) is 0 Å². The number of anilines is 9. The van der Waals surface area contributed by atoms with Crippen LogP contribution in [0.15, 0.2) is 395 Å². The molecule has 21 aromatic rings. The summed E-state index contributed by atoms with van der Waals surface area (Å²) in [4.78, 5) is 7.73. The SMILES string of the molecule is CC1(C)c2cc(-c3ccccc3)ccc2N2c3ccc(-c4ccccc4)cc3[Si](C)(C)c3c2c1cc1c3oc2ccccc21.CC1(C)c2cc(-c3ccccc3)ccc2N2c3ccc(-c4ccccc4)cc3[Si](C)(C)c3cc4c(oc5ccccc54)c1c32.C[Si]1(C)c2cc(-c3ccccc3)ccc2N2c3ccc(-c4ccccc4)cc3[Si](C)(C)c3c2c1cc1c3oc2ccccc21. The number of hydrogen-bond donors (Lipinski definition) is 0. The molecule has 18 aromatic carbocycles. The number of furan rings is 3. The number of rotatable bonds is 6. The van der Waals surface area contributed by atoms with Crippen LogP contribution < -0.4 is 56.2 Å². The fourth-order valence-electron chi connectivity index (χ4n) is 23.6. The average molecular weight is 1770 g/mol. The zero-order chi connectivity index (χ0) is 89.4. The molecule has 0 radical (unpaired) electrons. The number of benzene rings is 18. The highest BCUT2D eigenvalue weighted by Crippen LogP contribution is 2.60. The Bertz CT molecular complexity index is 7590. The van der Waals surface area contributed by atoms with Gasteiger partial charge in [0.2, 0.25) is 0 Å². The molecule has 0 saturated carbocycles. The van der Waals surface area contributed by atoms with Gasteiger partial charge in [0, 0.05) is 87.5 Å². The fraction of sp³-hybridized carbons (Fsp3) is 0.115. The van der Waals surface area contributed by atoms with Crippen molar-refractivity contribution >= 4 is 191 Å². The molecular weight excluding hydrogens is 1670 g/mol. The number of hydrogen-bond acceptors (Lipinski definition) is 6. The number of nitrogens with zero attached hydrogens (tertiary/aromatic N) is 3. The monoisotopic (exact) mass is 1770 g/mol. The predicted octanol–water partition coefficient (Wildman–Crippen LogP) is 29.0. The first-order valence-electron chi connectivity index (χ1n) is 46.6. The van der Waals surface area contributed by atoms with Crippen LogP contribution in [-0.2, 0) is 10.8 Å². The first kappa shape index (κ1) is 79.8. The van der Waals surface area contributed by atoms with Crippen molar-refractivity contribution in [3.63, 3.8) is 0 Å². The number of fused-ring (bicyclic) bond motifs is 24. The van der Waals surface area contributed by atoms with Gasteiger partial charge in [-0.05, 0) is 200 Å². The van der Waals surface area contributed by atoms with Crippen LogP contribution in [-0.4, -0.2) is 32.3 Å². The third-order valence-electron chi connectivity index (χ3n) is 30.6. The summed E-state index contributed by atoms with van der Waals surface area (Å²) in [6.07, 6.45) is 0. The Kier molecular flexibility index (Phi) is 17.6. The third-order valence-corrected chi connectivity index (χ3v) is 44.5. The molecule has 10 heteroatoms. The van der Waals surface area contributed by atoms with E-state index in [9.17, 15) is 0 Å². The van der Waals surface area contributed by atoms with Crippen LogP contribution in [0.5, 0.6) is 0 Å². The Hall–Kier alpha value is -14.4. The predicted molar refractivity (Wildman–Crippen MR) is 569 cm³/mol. The van der Waals surface area contributed by atoms with Crippen LogP contribution >= 0.6 is 0 Å². The van der Waals surface area contributed by atoms with Crippen LogP contribution in [0.1, 0.15) is 49.9 Å². The van der Waals surface area contributed by atoms with E-state index in [0.717, 1.165) is 33.5 Å². The fourth-order valence-corrected chi connectivity index (χ4v) is 36.1. The molecule has 0 unspecified atom stereocenters. The molecule has 6 aliphatic heterocycles. The van der Waals surface area contributed by atoms with E-state index >= 15 is 0 Å². The van der Waals surface area contributed by atoms with Gasteiger partial charge in [0.1, 0.15) is 65.8 Å². The minimum atomic E-state index is -2.26. The van der Waals surface area contributed by atoms with Gasteiger partial charge in [-0.15, -0.1) is 0 Å². The minimum Gasteiger partial charge on any atom is -0.456 e. The summed E-state index contributed by atoms with van der Waals surface area (Å²) in [5.74, 6) is 0. The molecule has 0 spiro atoms. The highest BCUT2D eigenvalue weighted by atomic mass is 28.3. The average Bonchev–Trinajstić information content (AvgIpc) is 1.38. The van der Waals surface area contributed by atoms with Crippen LogP contribution in [0.3, 0.4) is 0 Å². The molecule has 6 nitrogen and oxygen atoms in total. The smallest absolute Gasteiger partial charge is 0.141 e. The van der Waals surface area contributed by atoms with Crippen molar-refractivity contribution in [3.05, 3.63) is 404 Å². The first-order chi connectivity index (χ1) is 64.0. The lowest BCUT2D eigenvalue weighted by molar-refractivity contribution is 0.603. The van der Waals surface area contributed by atoms with E-state index < -0.39 is 32.3 Å². The Morgan fingerprint density at radius 2 is 0.462 bits per heavy atom. The summed E-state index contributed by atoms with van der Waals surface area (Å²) in [6.45, 7) is 29.8. The van der Waals surface area contributed by atoms with E-state index in [0.29, 0.717) is 0 Å². The zero-order valence-electron chi connectivity index (χ0n) is 76.4. The molecule has 0 N–H and O–H groups in total. The third kappa shape index (κ3) is 11.7. The quantitative estimate of drug-likeness (QED) is 0.155. The molecule has 132 heavy (non-hydrogen) atoms. The maximum absolute atomic E-state index is 6.84. The second-order valence-corrected chi connectivity index (χ2v) is 57.4. The molecule has 0 fully saturated rings. The van der Waals surface area contributed by atoms with Gasteiger partial charge >= 0.3 is 0 Å². The molecule has 27 rings (SSSR count). The van der Waals surface area contributed by atoms with Crippen molar-refractivity contribution < 1.29 is 13.3 Å². The van der Waals surface area contributed by atoms with Crippen molar-refractivity contribution in [1.29, 1.82) is 0 Å². The van der Waals surface area contributed by atoms with Crippen LogP contribution in [0.25, 0.3) is 133 Å². The molecule has 0 bridgehead atoms. The molecule has 3 aromatic heterocycles. The summed E-state index contributed by atoms with van der Waals surface area (Å²) < 4.78 is 20.5. The summed E-state index contributed by atoms with van der Waals surface area (Å²) >= 11 is 0. The second kappa shape index (κ2) is 29.1. The molecular formula is C122H99N3O3Si4. The van der Waals surface area contributed by atoms with Crippen LogP contribution in [0.4, 0.5) is 51.2 Å². The van der Waals surface area contributed by atoms with Gasteiger partial charge in [-0.3, -0.25) is 0 Å². The van der Waals surface area contributed by atoms with Gasteiger partial charge in [-0.1, -0.05) is 377 Å². The highest BCUT2D eigenvalue weighted by molar-refractivity contribution is 7.08. The van der Waals surface area contributed by atoms with Crippen LogP contribution in [0, 0.1) is 0 Å². The Balaban J connectivity index is 0.000000106. The molecule has 0 atom stereocenters. The summed E-state index contributed by atoms with van der Waals surface area (Å²) in [7, 11) is -8.80. The highest BCUT2D eigenvalue weighted by Gasteiger charge is 2.53. The largest absolute Gasteiger partial charge is 0.456 e. The van der Waals surface area contributed by atoms with E-state index in [4.69, 9.17) is 13.3 Å². The van der Waals surface area contributed by atoms with Gasteiger partial charge in [-0.2, -0.15) is 0 Å². The Morgan fingerprint density at radius 3 is 0.826 bits per heavy atom. The summed E-state index contributed by atoms with van der Waals surface area (Å²) in [5.41, 5.74) is 37.9. The maximum atomic E-state index is 6.84. The number of para-hydroxylation sites is 3. The van der Waals surface area contributed by atoms with E-state index in [1.165, 1.54) is 214 Å². The molecule has 636 valence electrons. The van der Waals surface area contributed by atoms with E-state index in [1.54, 1.807) is 0 Å². The summed E-state index contributed by atoms with van der Waals surface area (Å²) in [6, 6.07) is 141. The van der Waals surface area contributed by atoms with Gasteiger partial charge in [-0.25, -0.2) is 0 Å². The molecule has 9 heterocycles. The Morgan fingerprint density at radius 1 is 0.197 bits per heavy atom. The molecule has 0 saturated heterocycles. The lowest BCUT2D eigenvalue weighted by atomic mass is 9.72. The standard InChI is InChI=1S/2C41H33NOSi.C40H33NOSi2/c1-41(2)32-23-28(26-13-7-5-8-14-26)19-21-34(32)42-35-22-20-29(27-15-9-6-10-16-27)24-37(35)44(3,4)40-38(42)33(41)25-31-30-17-11-12-18-36(30)43-39(31)40;1-41(2)32-23-28(26-13-7-5-8-14-26)19-21-33(32)42-34-22-20-29(27-15-9-6-10-16-27)24-36(34)44(3,4)37-25-31-30-17-11-12-18-35(30)43-40(31)38(41)39(37)42;1-43(2)35-23-28(26-13-7-5-8-14-26)19-21-32(35)41-33-22-20-29(27-15-9-6-10-16-27)24-36(33)44(3,4)40-38(41)37(43)25-31-30-17-11-12-18-34(30)42-39(31)40/h3*5-25H,1-4H3. The molecule has 6 aliphatic rings. The van der Waals surface area contributed by atoms with Crippen molar-refractivity contribution in [3.8, 4) is 66.8 Å². The van der Waals surface area contributed by atoms with Crippen molar-refractivity contribution in [1.82, 2.24) is 0 Å². The molecule has 0 amide bonds. The minimum absolute atomic E-state index is 0.209. The van der Waals surface area contributed by atoms with Crippen LogP contribution in [0.2, 0.25) is 52.4 Å². The molecule has 0 aliphatic carbocycles. The normalized spacial score (nSPS) is 15.6. The maximum Gasteiger partial charge on any atom is 0.141 e. The van der Waals surface area contributed by atoms with Gasteiger partial charge < -0.3 is 28.0 Å². The van der Waals surface area contributed by atoms with Gasteiger partial charge in [0.05, 0.1) is 22.7 Å². The van der Waals surface area contributed by atoms with Crippen molar-refractivity contribution in [2.45, 2.75) is 90.9 Å². The van der Waals surface area contributed by atoms with E-state index in [2.05, 4.69) is 477 Å². The van der Waals surface area contributed by atoms with Crippen molar-refractivity contribution in [2.75, 3.05) is 14.7 Å². The second-order valence-electron chi connectivity index (χ2n) is 40.2. The lowest BCUT2D eigenvalue weighted by Gasteiger charge is -2.49. The van der Waals surface area contributed by atoms with E-state index in [-0.39, 0.29) is 10.8 Å².